The van der Waals surface area contributed by atoms with Gasteiger partial charge in [0.25, 0.3) is 5.91 Å². The average Bonchev–Trinajstić information content (AvgIpc) is 2.93. The van der Waals surface area contributed by atoms with Crippen molar-refractivity contribution < 1.29 is 23.8 Å². The van der Waals surface area contributed by atoms with Gasteiger partial charge in [0.1, 0.15) is 28.8 Å². The highest BCUT2D eigenvalue weighted by Gasteiger charge is 2.26. The van der Waals surface area contributed by atoms with E-state index in [-0.39, 0.29) is 47.0 Å². The Balaban J connectivity index is 1.47. The SMILES string of the molecule is CC(C)(C)OC(=O)NC1CCC(NC(=O)c2cc(Oc3ccc(C(=N)N)cc3)nc(Oc3ccc(C(=N)N)cc3)c2)CC1. The highest BCUT2D eigenvalue weighted by atomic mass is 16.6. The second-order valence-corrected chi connectivity index (χ2v) is 11.3. The van der Waals surface area contributed by atoms with Gasteiger partial charge in [-0.2, -0.15) is 4.98 Å². The number of nitrogens with one attached hydrogen (secondary N) is 4. The molecular weight excluding hydrogens is 550 g/mol. The Hall–Kier alpha value is -5.13. The molecule has 0 atom stereocenters. The van der Waals surface area contributed by atoms with Gasteiger partial charge >= 0.3 is 6.09 Å². The summed E-state index contributed by atoms with van der Waals surface area (Å²) in [5, 5.41) is 21.1. The maximum Gasteiger partial charge on any atom is 0.407 e. The van der Waals surface area contributed by atoms with Gasteiger partial charge in [0.05, 0.1) is 5.56 Å². The topological polar surface area (TPSA) is 199 Å². The maximum absolute atomic E-state index is 13.4. The van der Waals surface area contributed by atoms with Crippen molar-refractivity contribution in [2.75, 3.05) is 0 Å². The zero-order valence-electron chi connectivity index (χ0n) is 24.4. The van der Waals surface area contributed by atoms with Crippen molar-refractivity contribution in [1.29, 1.82) is 10.8 Å². The molecule has 0 bridgehead atoms. The molecule has 8 N–H and O–H groups in total. The van der Waals surface area contributed by atoms with Crippen LogP contribution in [0, 0.1) is 10.8 Å². The van der Waals surface area contributed by atoms with E-state index < -0.39 is 11.7 Å². The fourth-order valence-electron chi connectivity index (χ4n) is 4.49. The van der Waals surface area contributed by atoms with E-state index in [0.29, 0.717) is 48.3 Å². The van der Waals surface area contributed by atoms with Crippen LogP contribution >= 0.6 is 0 Å². The summed E-state index contributed by atoms with van der Waals surface area (Å²) < 4.78 is 17.2. The molecule has 226 valence electrons. The van der Waals surface area contributed by atoms with Crippen LogP contribution in [0.4, 0.5) is 4.79 Å². The van der Waals surface area contributed by atoms with E-state index in [2.05, 4.69) is 15.6 Å². The lowest BCUT2D eigenvalue weighted by molar-refractivity contribution is 0.0488. The summed E-state index contributed by atoms with van der Waals surface area (Å²) in [6.07, 6.45) is 2.35. The first-order chi connectivity index (χ1) is 20.3. The minimum atomic E-state index is -0.569. The number of nitrogen functional groups attached to an aromatic ring is 2. The van der Waals surface area contributed by atoms with Crippen LogP contribution in [0.3, 0.4) is 0 Å². The molecule has 0 saturated heterocycles. The lowest BCUT2D eigenvalue weighted by Crippen LogP contribution is -2.45. The van der Waals surface area contributed by atoms with Crippen LogP contribution < -0.4 is 31.6 Å². The molecule has 1 aliphatic rings. The molecule has 2 amide bonds. The van der Waals surface area contributed by atoms with Crippen molar-refractivity contribution in [1.82, 2.24) is 15.6 Å². The number of benzene rings is 2. The fourth-order valence-corrected chi connectivity index (χ4v) is 4.49. The Kier molecular flexibility index (Phi) is 9.49. The molecule has 0 spiro atoms. The van der Waals surface area contributed by atoms with Gasteiger partial charge in [0.15, 0.2) is 0 Å². The number of alkyl carbamates (subject to hydrolysis) is 1. The normalized spacial score (nSPS) is 16.4. The number of ether oxygens (including phenoxy) is 3. The number of aromatic nitrogens is 1. The van der Waals surface area contributed by atoms with Crippen LogP contribution in [0.25, 0.3) is 0 Å². The zero-order valence-corrected chi connectivity index (χ0v) is 24.4. The van der Waals surface area contributed by atoms with Crippen molar-refractivity contribution in [3.05, 3.63) is 77.4 Å². The van der Waals surface area contributed by atoms with Crippen LogP contribution in [-0.4, -0.2) is 46.3 Å². The second-order valence-electron chi connectivity index (χ2n) is 11.3. The summed E-state index contributed by atoms with van der Waals surface area (Å²) in [4.78, 5) is 29.9. The average molecular weight is 588 g/mol. The third kappa shape index (κ3) is 9.18. The Morgan fingerprint density at radius 1 is 0.744 bits per heavy atom. The Bertz CT molecular complexity index is 1400. The third-order valence-corrected chi connectivity index (χ3v) is 6.60. The molecule has 0 aliphatic heterocycles. The fraction of sp³-hybridized carbons (Fsp3) is 0.323. The van der Waals surface area contributed by atoms with Crippen molar-refractivity contribution in [2.24, 2.45) is 11.5 Å². The van der Waals surface area contributed by atoms with E-state index in [4.69, 9.17) is 36.5 Å². The van der Waals surface area contributed by atoms with E-state index >= 15 is 0 Å². The lowest BCUT2D eigenvalue weighted by Gasteiger charge is -2.30. The summed E-state index contributed by atoms with van der Waals surface area (Å²) in [7, 11) is 0. The highest BCUT2D eigenvalue weighted by Crippen LogP contribution is 2.28. The molecule has 3 aromatic rings. The molecule has 2 aromatic carbocycles. The minimum absolute atomic E-state index is 0.0206. The van der Waals surface area contributed by atoms with Gasteiger partial charge in [0, 0.05) is 35.3 Å². The van der Waals surface area contributed by atoms with Gasteiger partial charge in [-0.05, 0) is 95.0 Å². The summed E-state index contributed by atoms with van der Waals surface area (Å²) >= 11 is 0. The predicted molar refractivity (Wildman–Crippen MR) is 162 cm³/mol. The molecular formula is C31H37N7O5. The standard InChI is InChI=1S/C31H37N7O5/c1-31(2,3)43-30(40)37-22-10-8-21(9-11-22)36-29(39)20-16-25(41-23-12-4-18(5-13-23)27(32)33)38-26(17-20)42-24-14-6-19(7-15-24)28(34)35/h4-7,12-17,21-22H,8-11H2,1-3H3,(H3,32,33)(H3,34,35)(H,36,39)(H,37,40). The number of amides is 2. The van der Waals surface area contributed by atoms with Gasteiger partial charge < -0.3 is 36.3 Å². The van der Waals surface area contributed by atoms with Crippen LogP contribution in [0.2, 0.25) is 0 Å². The van der Waals surface area contributed by atoms with Crippen molar-refractivity contribution in [3.8, 4) is 23.3 Å². The second kappa shape index (κ2) is 13.2. The molecule has 1 heterocycles. The minimum Gasteiger partial charge on any atom is -0.444 e. The molecule has 1 fully saturated rings. The molecule has 0 unspecified atom stereocenters. The number of amidine groups is 2. The van der Waals surface area contributed by atoms with Crippen molar-refractivity contribution in [3.63, 3.8) is 0 Å². The van der Waals surface area contributed by atoms with Crippen molar-refractivity contribution in [2.45, 2.75) is 64.1 Å². The smallest absolute Gasteiger partial charge is 0.407 e. The van der Waals surface area contributed by atoms with Gasteiger partial charge in [-0.1, -0.05) is 0 Å². The third-order valence-electron chi connectivity index (χ3n) is 6.60. The summed E-state index contributed by atoms with van der Waals surface area (Å²) in [6, 6.07) is 16.1. The molecule has 1 aromatic heterocycles. The number of rotatable bonds is 9. The number of hydrogen-bond acceptors (Lipinski definition) is 8. The van der Waals surface area contributed by atoms with E-state index in [1.165, 1.54) is 12.1 Å². The van der Waals surface area contributed by atoms with Gasteiger partial charge in [0.2, 0.25) is 11.8 Å². The monoisotopic (exact) mass is 587 g/mol. The van der Waals surface area contributed by atoms with Crippen LogP contribution in [-0.2, 0) is 4.74 Å². The van der Waals surface area contributed by atoms with Crippen molar-refractivity contribution >= 4 is 23.7 Å². The molecule has 43 heavy (non-hydrogen) atoms. The summed E-state index contributed by atoms with van der Waals surface area (Å²) in [5.74, 6) is 0.673. The molecule has 1 saturated carbocycles. The lowest BCUT2D eigenvalue weighted by atomic mass is 9.91. The molecule has 12 nitrogen and oxygen atoms in total. The zero-order chi connectivity index (χ0) is 31.1. The number of hydrogen-bond donors (Lipinski definition) is 6. The Labute approximate surface area is 250 Å². The predicted octanol–water partition coefficient (Wildman–Crippen LogP) is 4.80. The van der Waals surface area contributed by atoms with E-state index in [1.807, 2.05) is 20.8 Å². The molecule has 1 aliphatic carbocycles. The first-order valence-electron chi connectivity index (χ1n) is 13.9. The number of carbonyl (C=O) groups excluding carboxylic acids is 2. The number of nitrogens with zero attached hydrogens (tertiary/aromatic N) is 1. The van der Waals surface area contributed by atoms with Gasteiger partial charge in [-0.15, -0.1) is 0 Å². The number of nitrogens with two attached hydrogens (primary N) is 2. The molecule has 12 heteroatoms. The first kappa shape index (κ1) is 30.8. The van der Waals surface area contributed by atoms with E-state index in [9.17, 15) is 9.59 Å². The summed E-state index contributed by atoms with van der Waals surface area (Å²) in [5.41, 5.74) is 11.9. The first-order valence-corrected chi connectivity index (χ1v) is 13.9. The molecule has 0 radical (unpaired) electrons. The molecule has 4 rings (SSSR count). The van der Waals surface area contributed by atoms with Crippen LogP contribution in [0.1, 0.15) is 67.9 Å². The summed E-state index contributed by atoms with van der Waals surface area (Å²) in [6.45, 7) is 5.46. The van der Waals surface area contributed by atoms with Crippen LogP contribution in [0.5, 0.6) is 23.3 Å². The van der Waals surface area contributed by atoms with E-state index in [1.54, 1.807) is 48.5 Å². The van der Waals surface area contributed by atoms with Gasteiger partial charge in [-0.3, -0.25) is 15.6 Å². The maximum atomic E-state index is 13.4. The Morgan fingerprint density at radius 3 is 1.56 bits per heavy atom. The Morgan fingerprint density at radius 2 is 1.16 bits per heavy atom. The number of carbonyl (C=O) groups is 2. The number of pyridine rings is 1. The van der Waals surface area contributed by atoms with Crippen LogP contribution in [0.15, 0.2) is 60.7 Å². The largest absolute Gasteiger partial charge is 0.444 e. The van der Waals surface area contributed by atoms with E-state index in [0.717, 1.165) is 0 Å². The highest BCUT2D eigenvalue weighted by molar-refractivity contribution is 5.96. The quantitative estimate of drug-likeness (QED) is 0.151. The van der Waals surface area contributed by atoms with Gasteiger partial charge in [-0.25, -0.2) is 4.79 Å².